The van der Waals surface area contributed by atoms with Crippen LogP contribution in [0.15, 0.2) is 72.9 Å². The topological polar surface area (TPSA) is 177 Å². The molecule has 4 aromatic rings. The van der Waals surface area contributed by atoms with Crippen molar-refractivity contribution in [3.63, 3.8) is 0 Å². The van der Waals surface area contributed by atoms with Gasteiger partial charge >= 0.3 is 36.4 Å². The lowest BCUT2D eigenvalue weighted by Gasteiger charge is -2.35. The highest BCUT2D eigenvalue weighted by Crippen LogP contribution is 2.28. The summed E-state index contributed by atoms with van der Waals surface area (Å²) >= 11 is 6.48. The number of carbonyl (C=O) groups is 3. The van der Waals surface area contributed by atoms with E-state index in [4.69, 9.17) is 46.0 Å². The Kier molecular flexibility index (Phi) is 17.3. The van der Waals surface area contributed by atoms with Gasteiger partial charge in [-0.2, -0.15) is 44.5 Å². The number of hydrogen-bond acceptors (Lipinski definition) is 10. The van der Waals surface area contributed by atoms with Crippen molar-refractivity contribution in [1.29, 1.82) is 0 Å². The molecule has 6 bridgehead atoms. The molecule has 13 nitrogen and oxygen atoms in total. The molecular weight excluding hydrogens is 847 g/mol. The zero-order valence-corrected chi connectivity index (χ0v) is 31.9. The largest absolute Gasteiger partial charge is 0.497 e. The molecule has 326 valence electrons. The van der Waals surface area contributed by atoms with Gasteiger partial charge in [0.25, 0.3) is 0 Å². The fraction of sp³-hybridized carbons (Fsp3) is 0.324. The number of halogens is 10. The summed E-state index contributed by atoms with van der Waals surface area (Å²) in [5, 5.41) is 28.6. The summed E-state index contributed by atoms with van der Waals surface area (Å²) < 4.78 is 101. The third kappa shape index (κ3) is 16.8. The van der Waals surface area contributed by atoms with Gasteiger partial charge in [-0.3, -0.25) is 9.80 Å². The van der Waals surface area contributed by atoms with Crippen LogP contribution >= 0.6 is 11.6 Å². The molecule has 60 heavy (non-hydrogen) atoms. The van der Waals surface area contributed by atoms with Gasteiger partial charge in [0.1, 0.15) is 10.8 Å². The molecule has 0 spiro atoms. The Morgan fingerprint density at radius 2 is 1.18 bits per heavy atom. The maximum Gasteiger partial charge on any atom is 0.490 e. The van der Waals surface area contributed by atoms with Gasteiger partial charge in [0.2, 0.25) is 5.95 Å². The molecule has 0 aliphatic carbocycles. The number of hydrogen-bond donors (Lipinski definition) is 5. The summed E-state index contributed by atoms with van der Waals surface area (Å²) in [7, 11) is 1.72. The number of anilines is 4. The first-order chi connectivity index (χ1) is 27.9. The number of aryl methyl sites for hydroxylation is 2. The Morgan fingerprint density at radius 1 is 0.683 bits per heavy atom. The normalized spacial score (nSPS) is 14.2. The van der Waals surface area contributed by atoms with Crippen molar-refractivity contribution in [3.05, 3.63) is 100 Å². The van der Waals surface area contributed by atoms with Gasteiger partial charge in [-0.15, -0.1) is 0 Å². The molecular formula is C37H36ClF9N6O7. The quantitative estimate of drug-likeness (QED) is 0.122. The Labute approximate surface area is 340 Å². The molecule has 0 radical (unpaired) electrons. The highest BCUT2D eigenvalue weighted by atomic mass is 35.5. The van der Waals surface area contributed by atoms with E-state index in [0.717, 1.165) is 69.2 Å². The van der Waals surface area contributed by atoms with E-state index in [9.17, 15) is 39.5 Å². The van der Waals surface area contributed by atoms with Crippen LogP contribution in [0.1, 0.15) is 22.3 Å². The number of aromatic nitrogens is 2. The minimum atomic E-state index is -5.08. The summed E-state index contributed by atoms with van der Waals surface area (Å²) in [6, 6.07) is 23.6. The number of nitrogens with one attached hydrogen (secondary N) is 2. The van der Waals surface area contributed by atoms with Crippen LogP contribution in [0.2, 0.25) is 5.02 Å². The van der Waals surface area contributed by atoms with Crippen LogP contribution in [-0.4, -0.2) is 105 Å². The molecule has 1 saturated heterocycles. The van der Waals surface area contributed by atoms with Crippen LogP contribution in [0.3, 0.4) is 0 Å². The predicted octanol–water partition coefficient (Wildman–Crippen LogP) is 7.94. The van der Waals surface area contributed by atoms with Gasteiger partial charge in [-0.1, -0.05) is 41.9 Å². The average Bonchev–Trinajstić information content (AvgIpc) is 3.16. The number of ether oxygens (including phenoxy) is 1. The second-order valence-electron chi connectivity index (χ2n) is 12.7. The van der Waals surface area contributed by atoms with Gasteiger partial charge in [0, 0.05) is 50.6 Å². The average molecular weight is 883 g/mol. The Bertz CT molecular complexity index is 2020. The van der Waals surface area contributed by atoms with Gasteiger partial charge in [-0.25, -0.2) is 19.4 Å². The van der Waals surface area contributed by atoms with E-state index in [-0.39, 0.29) is 0 Å². The molecule has 6 rings (SSSR count). The third-order valence-electron chi connectivity index (χ3n) is 8.08. The maximum absolute atomic E-state index is 10.6. The van der Waals surface area contributed by atoms with Gasteiger partial charge in [-0.05, 0) is 71.5 Å². The summed E-state index contributed by atoms with van der Waals surface area (Å²) in [5.41, 5.74) is 7.13. The van der Waals surface area contributed by atoms with Gasteiger partial charge < -0.3 is 30.7 Å². The number of nitrogens with zero attached hydrogens (tertiary/aromatic N) is 4. The highest BCUT2D eigenvalue weighted by molar-refractivity contribution is 6.32. The van der Waals surface area contributed by atoms with Gasteiger partial charge in [0.15, 0.2) is 5.82 Å². The fourth-order valence-corrected chi connectivity index (χ4v) is 5.48. The van der Waals surface area contributed by atoms with E-state index in [2.05, 4.69) is 85.0 Å². The monoisotopic (exact) mass is 882 g/mol. The minimum absolute atomic E-state index is 0.489. The molecule has 5 N–H and O–H groups in total. The summed E-state index contributed by atoms with van der Waals surface area (Å²) in [5.74, 6) is -6.24. The van der Waals surface area contributed by atoms with Gasteiger partial charge in [0.05, 0.1) is 13.3 Å². The predicted molar refractivity (Wildman–Crippen MR) is 199 cm³/mol. The smallest absolute Gasteiger partial charge is 0.490 e. The number of aliphatic carboxylic acids is 3. The Morgan fingerprint density at radius 3 is 1.72 bits per heavy atom. The number of carboxylic acids is 3. The molecule has 1 aromatic heterocycles. The van der Waals surface area contributed by atoms with Crippen molar-refractivity contribution >= 4 is 52.6 Å². The molecule has 1 fully saturated rings. The summed E-state index contributed by atoms with van der Waals surface area (Å²) in [6.07, 6.45) is -11.7. The first kappa shape index (κ1) is 48.5. The zero-order chi connectivity index (χ0) is 44.8. The lowest BCUT2D eigenvalue weighted by molar-refractivity contribution is -0.193. The highest BCUT2D eigenvalue weighted by Gasteiger charge is 2.39. The van der Waals surface area contributed by atoms with E-state index in [1.165, 1.54) is 22.3 Å². The first-order valence-electron chi connectivity index (χ1n) is 17.2. The van der Waals surface area contributed by atoms with Crippen molar-refractivity contribution in [1.82, 2.24) is 19.8 Å². The van der Waals surface area contributed by atoms with Crippen molar-refractivity contribution in [3.8, 4) is 5.75 Å². The zero-order valence-electron chi connectivity index (χ0n) is 31.1. The number of methoxy groups -OCH3 is 1. The van der Waals surface area contributed by atoms with E-state index in [0.29, 0.717) is 16.8 Å². The standard InChI is InChI=1S/C31H33ClN6O.3C2HF3O2/c1-39-28-7-3-5-24(18-28)20-37-10-12-38(13-11-37)21-25-14-23-9-8-22-4-2-6-26(15-22)35-31-33-19-29(32)30(36-31)34-27(16-23)17-25;3*3-2(4,5)1(6)7/h2-7,14-19H,8-13,20-21H2,1H3,(H2,33,34,35,36);3*(H,6,7). The Balaban J connectivity index is 0.000000377. The number of fused-ring (bicyclic) bond motifs is 6. The summed E-state index contributed by atoms with van der Waals surface area (Å²) in [4.78, 5) is 40.8. The van der Waals surface area contributed by atoms with Crippen LogP contribution in [0, 0.1) is 0 Å². The molecule has 0 atom stereocenters. The second kappa shape index (κ2) is 21.4. The number of alkyl halides is 9. The summed E-state index contributed by atoms with van der Waals surface area (Å²) in [6.45, 7) is 6.03. The van der Waals surface area contributed by atoms with Crippen LogP contribution in [0.25, 0.3) is 0 Å². The minimum Gasteiger partial charge on any atom is -0.497 e. The van der Waals surface area contributed by atoms with E-state index in [1.807, 2.05) is 12.1 Å². The number of carboxylic acid groups (broad SMARTS) is 3. The van der Waals surface area contributed by atoms with Crippen molar-refractivity contribution in [2.45, 2.75) is 44.5 Å². The first-order valence-corrected chi connectivity index (χ1v) is 17.6. The Hall–Kier alpha value is -5.87. The molecule has 2 aliphatic heterocycles. The lowest BCUT2D eigenvalue weighted by Crippen LogP contribution is -2.45. The van der Waals surface area contributed by atoms with Crippen LogP contribution in [-0.2, 0) is 40.3 Å². The van der Waals surface area contributed by atoms with E-state index in [1.54, 1.807) is 13.3 Å². The molecule has 0 unspecified atom stereocenters. The van der Waals surface area contributed by atoms with Crippen molar-refractivity contribution in [2.75, 3.05) is 43.9 Å². The third-order valence-corrected chi connectivity index (χ3v) is 8.36. The molecule has 3 aromatic carbocycles. The second-order valence-corrected chi connectivity index (χ2v) is 13.1. The van der Waals surface area contributed by atoms with E-state index < -0.39 is 36.4 Å². The number of benzene rings is 3. The van der Waals surface area contributed by atoms with Crippen LogP contribution in [0.4, 0.5) is 62.7 Å². The SMILES string of the molecule is COc1cccc(CN2CCN(Cc3cc4cc(c3)Nc3nc(ncc3Cl)Nc3cccc(c3)CC4)CC2)c1.O=C(O)C(F)(F)F.O=C(O)C(F)(F)F.O=C(O)C(F)(F)F. The molecule has 0 saturated carbocycles. The van der Waals surface area contributed by atoms with Crippen molar-refractivity contribution in [2.24, 2.45) is 0 Å². The molecule has 2 aliphatic rings. The maximum atomic E-state index is 10.6. The lowest BCUT2D eigenvalue weighted by atomic mass is 10.0. The molecule has 3 heterocycles. The number of rotatable bonds is 5. The van der Waals surface area contributed by atoms with Crippen LogP contribution < -0.4 is 15.4 Å². The fourth-order valence-electron chi connectivity index (χ4n) is 5.34. The van der Waals surface area contributed by atoms with E-state index >= 15 is 0 Å². The number of piperazine rings is 1. The molecule has 23 heteroatoms. The van der Waals surface area contributed by atoms with Crippen molar-refractivity contribution < 1.29 is 74.0 Å². The van der Waals surface area contributed by atoms with Crippen LogP contribution in [0.5, 0.6) is 5.75 Å². The molecule has 0 amide bonds.